The first-order valence-corrected chi connectivity index (χ1v) is 6.63. The van der Waals surface area contributed by atoms with Crippen LogP contribution in [0.4, 0.5) is 5.69 Å². The van der Waals surface area contributed by atoms with Crippen molar-refractivity contribution < 1.29 is 0 Å². The fourth-order valence-corrected chi connectivity index (χ4v) is 1.86. The molecular formula is C15H14IN. The largest absolute Gasteiger partial charge is 0.382 e. The summed E-state index contributed by atoms with van der Waals surface area (Å²) >= 11 is 2.31. The number of hydrogen-bond acceptors (Lipinski definition) is 1. The molecule has 1 nitrogen and oxygen atoms in total. The van der Waals surface area contributed by atoms with Crippen LogP contribution in [0.25, 0.3) is 6.08 Å². The first-order valence-electron chi connectivity index (χ1n) is 5.55. The molecule has 0 fully saturated rings. The molecule has 0 aliphatic carbocycles. The van der Waals surface area contributed by atoms with Crippen molar-refractivity contribution in [2.45, 2.75) is 0 Å². The van der Waals surface area contributed by atoms with Crippen molar-refractivity contribution in [2.24, 2.45) is 0 Å². The van der Waals surface area contributed by atoms with Gasteiger partial charge in [0.1, 0.15) is 0 Å². The molecule has 0 atom stereocenters. The summed E-state index contributed by atoms with van der Waals surface area (Å²) in [6.07, 6.45) is 4.26. The summed E-state index contributed by atoms with van der Waals surface area (Å²) in [6, 6.07) is 18.7. The topological polar surface area (TPSA) is 12.0 Å². The molecule has 2 rings (SSSR count). The molecule has 86 valence electrons. The van der Waals surface area contributed by atoms with Crippen molar-refractivity contribution in [1.29, 1.82) is 0 Å². The number of benzene rings is 2. The highest BCUT2D eigenvalue weighted by molar-refractivity contribution is 14.1. The second kappa shape index (κ2) is 6.45. The molecule has 0 heterocycles. The molecule has 0 aromatic heterocycles. The highest BCUT2D eigenvalue weighted by Crippen LogP contribution is 2.10. The van der Waals surface area contributed by atoms with Crippen molar-refractivity contribution in [1.82, 2.24) is 0 Å². The van der Waals surface area contributed by atoms with Gasteiger partial charge in [0, 0.05) is 15.8 Å². The summed E-state index contributed by atoms with van der Waals surface area (Å²) in [4.78, 5) is 0. The van der Waals surface area contributed by atoms with Crippen LogP contribution in [0.2, 0.25) is 0 Å². The molecule has 0 spiro atoms. The molecule has 1 N–H and O–H groups in total. The van der Waals surface area contributed by atoms with Crippen molar-refractivity contribution in [3.8, 4) is 0 Å². The molecule has 0 aliphatic heterocycles. The number of hydrogen-bond donors (Lipinski definition) is 1. The maximum absolute atomic E-state index is 3.35. The zero-order valence-electron chi connectivity index (χ0n) is 9.44. The Bertz CT molecular complexity index is 474. The monoisotopic (exact) mass is 335 g/mol. The van der Waals surface area contributed by atoms with E-state index < -0.39 is 0 Å². The molecule has 0 unspecified atom stereocenters. The molecule has 0 radical (unpaired) electrons. The molecule has 2 aromatic carbocycles. The minimum absolute atomic E-state index is 0.843. The van der Waals surface area contributed by atoms with Crippen LogP contribution in [-0.2, 0) is 0 Å². The van der Waals surface area contributed by atoms with Crippen LogP contribution in [0.3, 0.4) is 0 Å². The van der Waals surface area contributed by atoms with Crippen molar-refractivity contribution in [3.05, 3.63) is 69.8 Å². The average molecular weight is 335 g/mol. The lowest BCUT2D eigenvalue weighted by molar-refractivity contribution is 1.34. The lowest BCUT2D eigenvalue weighted by Gasteiger charge is -2.02. The van der Waals surface area contributed by atoms with E-state index in [1.165, 1.54) is 9.13 Å². The van der Waals surface area contributed by atoms with Crippen LogP contribution < -0.4 is 5.32 Å². The van der Waals surface area contributed by atoms with E-state index in [1.54, 1.807) is 0 Å². The van der Waals surface area contributed by atoms with E-state index in [0.29, 0.717) is 0 Å². The smallest absolute Gasteiger partial charge is 0.0343 e. The lowest BCUT2D eigenvalue weighted by Crippen LogP contribution is -1.97. The predicted octanol–water partition coefficient (Wildman–Crippen LogP) is 4.42. The van der Waals surface area contributed by atoms with E-state index >= 15 is 0 Å². The van der Waals surface area contributed by atoms with Crippen LogP contribution in [-0.4, -0.2) is 6.54 Å². The number of anilines is 1. The van der Waals surface area contributed by atoms with Gasteiger partial charge in [0.25, 0.3) is 0 Å². The Morgan fingerprint density at radius 1 is 0.941 bits per heavy atom. The molecule has 2 aromatic rings. The molecule has 0 aliphatic rings. The van der Waals surface area contributed by atoms with E-state index in [4.69, 9.17) is 0 Å². The van der Waals surface area contributed by atoms with E-state index in [2.05, 4.69) is 76.5 Å². The molecule has 17 heavy (non-hydrogen) atoms. The Labute approximate surface area is 116 Å². The van der Waals surface area contributed by atoms with Crippen LogP contribution in [0.5, 0.6) is 0 Å². The van der Waals surface area contributed by atoms with Gasteiger partial charge in [0.15, 0.2) is 0 Å². The van der Waals surface area contributed by atoms with Gasteiger partial charge in [-0.2, -0.15) is 0 Å². The van der Waals surface area contributed by atoms with Crippen molar-refractivity contribution in [2.75, 3.05) is 11.9 Å². The zero-order chi connectivity index (χ0) is 11.9. The van der Waals surface area contributed by atoms with E-state index in [0.717, 1.165) is 12.2 Å². The van der Waals surface area contributed by atoms with Gasteiger partial charge in [0.05, 0.1) is 0 Å². The second-order valence-electron chi connectivity index (χ2n) is 3.70. The SMILES string of the molecule is Ic1ccc(NCC=Cc2ccccc2)cc1. The Morgan fingerprint density at radius 2 is 1.65 bits per heavy atom. The number of halogens is 1. The summed E-state index contributed by atoms with van der Waals surface area (Å²) in [5.41, 5.74) is 2.39. The van der Waals surface area contributed by atoms with Gasteiger partial charge in [-0.3, -0.25) is 0 Å². The highest BCUT2D eigenvalue weighted by atomic mass is 127. The van der Waals surface area contributed by atoms with Gasteiger partial charge in [-0.05, 0) is 52.4 Å². The zero-order valence-corrected chi connectivity index (χ0v) is 11.6. The van der Waals surface area contributed by atoms with Gasteiger partial charge < -0.3 is 5.32 Å². The van der Waals surface area contributed by atoms with Crippen molar-refractivity contribution in [3.63, 3.8) is 0 Å². The second-order valence-corrected chi connectivity index (χ2v) is 4.95. The fraction of sp³-hybridized carbons (Fsp3) is 0.0667. The minimum atomic E-state index is 0.843. The summed E-state index contributed by atoms with van der Waals surface area (Å²) in [5, 5.41) is 3.35. The molecule has 0 amide bonds. The summed E-state index contributed by atoms with van der Waals surface area (Å²) in [5.74, 6) is 0. The number of nitrogens with one attached hydrogen (secondary N) is 1. The average Bonchev–Trinajstić information content (AvgIpc) is 2.38. The predicted molar refractivity (Wildman–Crippen MR) is 83.1 cm³/mol. The van der Waals surface area contributed by atoms with Gasteiger partial charge in [-0.1, -0.05) is 42.5 Å². The first kappa shape index (κ1) is 12.2. The standard InChI is InChI=1S/C15H14IN/c16-14-8-10-15(11-9-14)17-12-4-7-13-5-2-1-3-6-13/h1-11,17H,12H2. The van der Waals surface area contributed by atoms with Crippen LogP contribution in [0.1, 0.15) is 5.56 Å². The van der Waals surface area contributed by atoms with Crippen molar-refractivity contribution >= 4 is 34.4 Å². The third kappa shape index (κ3) is 4.23. The Hall–Kier alpha value is -1.29. The molecule has 0 saturated heterocycles. The van der Waals surface area contributed by atoms with Crippen LogP contribution in [0.15, 0.2) is 60.7 Å². The maximum Gasteiger partial charge on any atom is 0.0343 e. The Morgan fingerprint density at radius 3 is 2.35 bits per heavy atom. The lowest BCUT2D eigenvalue weighted by atomic mass is 10.2. The van der Waals surface area contributed by atoms with Crippen LogP contribution in [0, 0.1) is 3.57 Å². The van der Waals surface area contributed by atoms with Gasteiger partial charge >= 0.3 is 0 Å². The molecule has 2 heteroatoms. The molecule has 0 bridgehead atoms. The Balaban J connectivity index is 1.84. The van der Waals surface area contributed by atoms with E-state index in [1.807, 2.05) is 18.2 Å². The fourth-order valence-electron chi connectivity index (χ4n) is 1.50. The summed E-state index contributed by atoms with van der Waals surface area (Å²) < 4.78 is 1.26. The normalized spacial score (nSPS) is 10.6. The minimum Gasteiger partial charge on any atom is -0.382 e. The third-order valence-corrected chi connectivity index (χ3v) is 3.10. The first-order chi connectivity index (χ1) is 8.34. The summed E-state index contributed by atoms with van der Waals surface area (Å²) in [7, 11) is 0. The van der Waals surface area contributed by atoms with Crippen LogP contribution >= 0.6 is 22.6 Å². The number of rotatable bonds is 4. The van der Waals surface area contributed by atoms with Gasteiger partial charge in [0.2, 0.25) is 0 Å². The van der Waals surface area contributed by atoms with E-state index in [-0.39, 0.29) is 0 Å². The molecule has 0 saturated carbocycles. The maximum atomic E-state index is 3.35. The van der Waals surface area contributed by atoms with E-state index in [9.17, 15) is 0 Å². The van der Waals surface area contributed by atoms with Gasteiger partial charge in [-0.25, -0.2) is 0 Å². The molecular weight excluding hydrogens is 321 g/mol. The summed E-state index contributed by atoms with van der Waals surface area (Å²) in [6.45, 7) is 0.843. The Kier molecular flexibility index (Phi) is 4.62. The van der Waals surface area contributed by atoms with Gasteiger partial charge in [-0.15, -0.1) is 0 Å². The highest BCUT2D eigenvalue weighted by Gasteiger charge is 1.89. The third-order valence-electron chi connectivity index (χ3n) is 2.38. The quantitative estimate of drug-likeness (QED) is 0.816.